The molecule has 0 unspecified atom stereocenters. The summed E-state index contributed by atoms with van der Waals surface area (Å²) >= 11 is 0. The second-order valence-corrected chi connectivity index (χ2v) is 3.25. The third kappa shape index (κ3) is 1.01. The Labute approximate surface area is 81.4 Å². The third-order valence-corrected chi connectivity index (χ3v) is 2.39. The zero-order chi connectivity index (χ0) is 9.38. The van der Waals surface area contributed by atoms with Crippen molar-refractivity contribution in [3.63, 3.8) is 0 Å². The molecule has 2 aromatic rings. The quantitative estimate of drug-likeness (QED) is 0.456. The van der Waals surface area contributed by atoms with E-state index < -0.39 is 0 Å². The molecule has 0 saturated carbocycles. The lowest BCUT2D eigenvalue weighted by Gasteiger charge is -2.08. The molecular formula is C12H9O2+. The van der Waals surface area contributed by atoms with Crippen molar-refractivity contribution in [2.75, 3.05) is 6.79 Å². The highest BCUT2D eigenvalue weighted by Gasteiger charge is 2.15. The Morgan fingerprint density at radius 3 is 3.00 bits per heavy atom. The van der Waals surface area contributed by atoms with Crippen molar-refractivity contribution in [3.05, 3.63) is 42.0 Å². The molecule has 0 bridgehead atoms. The van der Waals surface area contributed by atoms with Gasteiger partial charge in [0.25, 0.3) is 0 Å². The second-order valence-electron chi connectivity index (χ2n) is 3.25. The van der Waals surface area contributed by atoms with Gasteiger partial charge in [0.1, 0.15) is 5.56 Å². The molecule has 68 valence electrons. The van der Waals surface area contributed by atoms with Crippen LogP contribution in [-0.2, 0) is 0 Å². The SMILES string of the molecule is C1=[O+]COc2c1ccc1ccccc21. The number of hydrogen-bond acceptors (Lipinski definition) is 1. The molecule has 0 atom stereocenters. The fourth-order valence-corrected chi connectivity index (χ4v) is 1.73. The van der Waals surface area contributed by atoms with Crippen LogP contribution in [0.5, 0.6) is 5.75 Å². The van der Waals surface area contributed by atoms with Crippen LogP contribution in [0.15, 0.2) is 36.4 Å². The molecule has 2 heteroatoms. The summed E-state index contributed by atoms with van der Waals surface area (Å²) < 4.78 is 10.6. The van der Waals surface area contributed by atoms with Crippen LogP contribution >= 0.6 is 0 Å². The normalized spacial score (nSPS) is 13.7. The predicted molar refractivity (Wildman–Crippen MR) is 54.8 cm³/mol. The van der Waals surface area contributed by atoms with E-state index in [9.17, 15) is 0 Å². The van der Waals surface area contributed by atoms with Crippen LogP contribution in [0.3, 0.4) is 0 Å². The maximum atomic E-state index is 5.48. The molecule has 0 N–H and O–H groups in total. The van der Waals surface area contributed by atoms with E-state index in [2.05, 4.69) is 18.2 Å². The van der Waals surface area contributed by atoms with Crippen molar-refractivity contribution in [1.82, 2.24) is 0 Å². The number of fused-ring (bicyclic) bond motifs is 3. The summed E-state index contributed by atoms with van der Waals surface area (Å²) in [6.45, 7) is 0.307. The number of rotatable bonds is 0. The van der Waals surface area contributed by atoms with Gasteiger partial charge in [-0.1, -0.05) is 30.3 Å². The van der Waals surface area contributed by atoms with Gasteiger partial charge in [0.15, 0.2) is 5.75 Å². The smallest absolute Gasteiger partial charge is 0.411 e. The van der Waals surface area contributed by atoms with Crippen LogP contribution < -0.4 is 4.74 Å². The molecule has 0 radical (unpaired) electrons. The Bertz CT molecular complexity index is 515. The Morgan fingerprint density at radius 1 is 1.07 bits per heavy atom. The van der Waals surface area contributed by atoms with Crippen LogP contribution in [0, 0.1) is 0 Å². The lowest BCUT2D eigenvalue weighted by Crippen LogP contribution is -2.04. The van der Waals surface area contributed by atoms with E-state index >= 15 is 0 Å². The summed E-state index contributed by atoms with van der Waals surface area (Å²) in [5, 5.41) is 2.34. The number of aldehydes is 1. The topological polar surface area (TPSA) is 20.5 Å². The Balaban J connectivity index is 2.41. The molecule has 0 fully saturated rings. The summed E-state index contributed by atoms with van der Waals surface area (Å²) in [5.74, 6) is 0.925. The van der Waals surface area contributed by atoms with Crippen LogP contribution in [0.1, 0.15) is 9.99 Å². The molecule has 14 heavy (non-hydrogen) atoms. The van der Waals surface area contributed by atoms with Gasteiger partial charge in [0.05, 0.1) is 0 Å². The van der Waals surface area contributed by atoms with Crippen LogP contribution in [0.2, 0.25) is 0 Å². The fourth-order valence-electron chi connectivity index (χ4n) is 1.73. The number of benzene rings is 2. The van der Waals surface area contributed by atoms with Gasteiger partial charge < -0.3 is 4.74 Å². The van der Waals surface area contributed by atoms with Crippen LogP contribution in [0.4, 0.5) is 0 Å². The van der Waals surface area contributed by atoms with Crippen molar-refractivity contribution in [1.29, 1.82) is 0 Å². The van der Waals surface area contributed by atoms with Gasteiger partial charge in [-0.25, -0.2) is 4.42 Å². The largest absolute Gasteiger partial charge is 0.412 e. The monoisotopic (exact) mass is 185 g/mol. The highest BCUT2D eigenvalue weighted by molar-refractivity contribution is 5.96. The maximum Gasteiger partial charge on any atom is 0.411 e. The minimum Gasteiger partial charge on any atom is -0.412 e. The first kappa shape index (κ1) is 7.56. The van der Waals surface area contributed by atoms with Crippen LogP contribution in [-0.4, -0.2) is 13.1 Å². The molecule has 1 heterocycles. The summed E-state index contributed by atoms with van der Waals surface area (Å²) in [5.41, 5.74) is 1.01. The molecule has 1 aliphatic rings. The van der Waals surface area contributed by atoms with Crippen LogP contribution in [0.25, 0.3) is 10.8 Å². The van der Waals surface area contributed by atoms with E-state index in [1.807, 2.05) is 18.2 Å². The van der Waals surface area contributed by atoms with E-state index in [0.717, 1.165) is 16.7 Å². The maximum absolute atomic E-state index is 5.48. The standard InChI is InChI=1S/C12H9O2/c1-2-4-11-9(3-1)5-6-10-7-13-8-14-12(10)11/h1-7H,8H2/q+1. The molecule has 3 rings (SSSR count). The fraction of sp³-hybridized carbons (Fsp3) is 0.0833. The van der Waals surface area contributed by atoms with Gasteiger partial charge in [-0.2, -0.15) is 0 Å². The van der Waals surface area contributed by atoms with Crippen molar-refractivity contribution in [2.45, 2.75) is 0 Å². The van der Waals surface area contributed by atoms with Crippen molar-refractivity contribution >= 4 is 17.1 Å². The molecule has 0 amide bonds. The number of carbonyl (C=O) groups excluding carboxylic acids is 1. The number of ether oxygens (including phenoxy) is 1. The lowest BCUT2D eigenvalue weighted by molar-refractivity contribution is -0.323. The summed E-state index contributed by atoms with van der Waals surface area (Å²) in [6, 6.07) is 12.3. The van der Waals surface area contributed by atoms with E-state index in [4.69, 9.17) is 9.16 Å². The molecule has 0 saturated heterocycles. The molecule has 2 aromatic carbocycles. The van der Waals surface area contributed by atoms with Gasteiger partial charge in [-0.15, -0.1) is 0 Å². The van der Waals surface area contributed by atoms with Gasteiger partial charge in [0, 0.05) is 5.39 Å². The highest BCUT2D eigenvalue weighted by Crippen LogP contribution is 2.30. The highest BCUT2D eigenvalue weighted by atomic mass is 16.6. The predicted octanol–water partition coefficient (Wildman–Crippen LogP) is 2.54. The van der Waals surface area contributed by atoms with Gasteiger partial charge in [-0.05, 0) is 11.5 Å². The van der Waals surface area contributed by atoms with Crippen molar-refractivity contribution in [3.8, 4) is 5.75 Å². The molecule has 0 spiro atoms. The van der Waals surface area contributed by atoms with E-state index in [1.54, 1.807) is 6.29 Å². The zero-order valence-corrected chi connectivity index (χ0v) is 7.57. The molecule has 1 aliphatic heterocycles. The van der Waals surface area contributed by atoms with Crippen molar-refractivity contribution in [2.24, 2.45) is 0 Å². The van der Waals surface area contributed by atoms with Crippen molar-refractivity contribution < 1.29 is 9.16 Å². The molecule has 2 nitrogen and oxygen atoms in total. The Morgan fingerprint density at radius 2 is 2.00 bits per heavy atom. The van der Waals surface area contributed by atoms with Gasteiger partial charge >= 0.3 is 13.1 Å². The Kier molecular flexibility index (Phi) is 1.53. The van der Waals surface area contributed by atoms with E-state index in [-0.39, 0.29) is 0 Å². The molecule has 0 aliphatic carbocycles. The number of hydrogen-bond donors (Lipinski definition) is 0. The lowest BCUT2D eigenvalue weighted by atomic mass is 10.1. The molecule has 0 aromatic heterocycles. The first-order chi connectivity index (χ1) is 6.95. The Hall–Kier alpha value is -1.83. The zero-order valence-electron chi connectivity index (χ0n) is 7.57. The first-order valence-corrected chi connectivity index (χ1v) is 4.54. The second kappa shape index (κ2) is 2.84. The van der Waals surface area contributed by atoms with Gasteiger partial charge in [-0.3, -0.25) is 0 Å². The molecular weight excluding hydrogens is 176 g/mol. The van der Waals surface area contributed by atoms with Gasteiger partial charge in [0.2, 0.25) is 0 Å². The average molecular weight is 185 g/mol. The van der Waals surface area contributed by atoms with E-state index in [1.165, 1.54) is 5.39 Å². The average Bonchev–Trinajstić information content (AvgIpc) is 2.29. The minimum absolute atomic E-state index is 0.307. The summed E-state index contributed by atoms with van der Waals surface area (Å²) in [6.07, 6.45) is 1.74. The van der Waals surface area contributed by atoms with E-state index in [0.29, 0.717) is 6.79 Å². The minimum atomic E-state index is 0.307. The first-order valence-electron chi connectivity index (χ1n) is 4.54. The summed E-state index contributed by atoms with van der Waals surface area (Å²) in [7, 11) is 0. The third-order valence-electron chi connectivity index (χ3n) is 2.39. The summed E-state index contributed by atoms with van der Waals surface area (Å²) in [4.78, 5) is 0.